The Kier molecular flexibility index (Phi) is 8.94. The average Bonchev–Trinajstić information content (AvgIpc) is 2.69. The van der Waals surface area contributed by atoms with Crippen LogP contribution in [0.1, 0.15) is 16.7 Å². The Morgan fingerprint density at radius 2 is 1.79 bits per heavy atom. The Balaban J connectivity index is 1.83. The molecule has 0 aromatic heterocycles. The molecule has 0 radical (unpaired) electrons. The first-order valence-corrected chi connectivity index (χ1v) is 12.0. The van der Waals surface area contributed by atoms with Crippen molar-refractivity contribution in [1.82, 2.24) is 15.4 Å². The number of nitrogens with zero attached hydrogens (tertiary/aromatic N) is 1. The number of benzene rings is 2. The van der Waals surface area contributed by atoms with Crippen LogP contribution in [0.2, 0.25) is 0 Å². The van der Waals surface area contributed by atoms with E-state index in [1.165, 1.54) is 6.07 Å². The van der Waals surface area contributed by atoms with Crippen molar-refractivity contribution in [2.75, 3.05) is 26.4 Å². The van der Waals surface area contributed by atoms with Crippen molar-refractivity contribution in [3.63, 3.8) is 0 Å². The molecule has 0 aliphatic heterocycles. The maximum Gasteiger partial charge on any atom is 0.240 e. The van der Waals surface area contributed by atoms with Crippen LogP contribution in [0.15, 0.2) is 52.4 Å². The summed E-state index contributed by atoms with van der Waals surface area (Å²) in [5, 5.41) is 6.24. The lowest BCUT2D eigenvalue weighted by molar-refractivity contribution is 0.580. The third-order valence-electron chi connectivity index (χ3n) is 4.18. The number of guanidine groups is 1. The van der Waals surface area contributed by atoms with Gasteiger partial charge in [-0.2, -0.15) is 11.8 Å². The zero-order chi connectivity index (χ0) is 21.3. The van der Waals surface area contributed by atoms with Crippen LogP contribution < -0.4 is 15.4 Å². The SMILES string of the molecule is CN=C(NCCNS(=O)(=O)c1ccc(C)cc1)NCc1ccc(F)cc1CSC. The van der Waals surface area contributed by atoms with Gasteiger partial charge in [0.25, 0.3) is 0 Å². The minimum atomic E-state index is -3.54. The molecule has 0 bridgehead atoms. The standard InChI is InChI=1S/C20H27FN4O2S2/c1-15-4-8-19(9-5-15)29(26,27)25-11-10-23-20(22-2)24-13-16-6-7-18(21)12-17(16)14-28-3/h4-9,12,25H,10-11,13-14H2,1-3H3,(H2,22,23,24). The molecule has 9 heteroatoms. The molecule has 0 spiro atoms. The molecule has 158 valence electrons. The zero-order valence-electron chi connectivity index (χ0n) is 16.8. The normalized spacial score (nSPS) is 12.1. The highest BCUT2D eigenvalue weighted by Crippen LogP contribution is 2.16. The van der Waals surface area contributed by atoms with Gasteiger partial charge in [0.15, 0.2) is 5.96 Å². The minimum Gasteiger partial charge on any atom is -0.355 e. The van der Waals surface area contributed by atoms with Crippen LogP contribution in [0.4, 0.5) is 4.39 Å². The zero-order valence-corrected chi connectivity index (χ0v) is 18.5. The molecule has 2 aromatic rings. The number of aliphatic imine (C=N–C) groups is 1. The summed E-state index contributed by atoms with van der Waals surface area (Å²) in [6.07, 6.45) is 1.97. The van der Waals surface area contributed by atoms with Crippen molar-refractivity contribution in [3.05, 3.63) is 65.0 Å². The lowest BCUT2D eigenvalue weighted by Gasteiger charge is -2.14. The number of rotatable bonds is 9. The molecular weight excluding hydrogens is 411 g/mol. The first-order valence-electron chi connectivity index (χ1n) is 9.13. The molecule has 0 fully saturated rings. The first-order chi connectivity index (χ1) is 13.9. The van der Waals surface area contributed by atoms with E-state index in [0.29, 0.717) is 19.0 Å². The molecule has 0 unspecified atom stereocenters. The second-order valence-electron chi connectivity index (χ2n) is 6.41. The van der Waals surface area contributed by atoms with Crippen molar-refractivity contribution in [1.29, 1.82) is 0 Å². The fourth-order valence-electron chi connectivity index (χ4n) is 2.62. The molecule has 6 nitrogen and oxygen atoms in total. The number of hydrogen-bond acceptors (Lipinski definition) is 4. The molecule has 0 aliphatic rings. The van der Waals surface area contributed by atoms with Gasteiger partial charge in [0, 0.05) is 32.4 Å². The van der Waals surface area contributed by atoms with Gasteiger partial charge in [-0.25, -0.2) is 17.5 Å². The van der Waals surface area contributed by atoms with Crippen molar-refractivity contribution < 1.29 is 12.8 Å². The van der Waals surface area contributed by atoms with Gasteiger partial charge >= 0.3 is 0 Å². The van der Waals surface area contributed by atoms with Crippen molar-refractivity contribution in [2.24, 2.45) is 4.99 Å². The molecule has 0 saturated heterocycles. The number of halogens is 1. The predicted octanol–water partition coefficient (Wildman–Crippen LogP) is 2.64. The summed E-state index contributed by atoms with van der Waals surface area (Å²) >= 11 is 1.63. The highest BCUT2D eigenvalue weighted by Gasteiger charge is 2.12. The molecule has 0 aliphatic carbocycles. The van der Waals surface area contributed by atoms with Crippen LogP contribution in [0.3, 0.4) is 0 Å². The fourth-order valence-corrected chi connectivity index (χ4v) is 4.24. The van der Waals surface area contributed by atoms with E-state index >= 15 is 0 Å². The Morgan fingerprint density at radius 1 is 1.07 bits per heavy atom. The number of hydrogen-bond donors (Lipinski definition) is 3. The molecule has 0 saturated carbocycles. The van der Waals surface area contributed by atoms with Crippen LogP contribution >= 0.6 is 11.8 Å². The van der Waals surface area contributed by atoms with Crippen molar-refractivity contribution >= 4 is 27.7 Å². The number of aryl methyl sites for hydroxylation is 1. The van der Waals surface area contributed by atoms with E-state index in [0.717, 1.165) is 22.4 Å². The van der Waals surface area contributed by atoms with Crippen LogP contribution in [0, 0.1) is 12.7 Å². The number of thioether (sulfide) groups is 1. The second kappa shape index (κ2) is 11.2. The Labute approximate surface area is 176 Å². The quantitative estimate of drug-likeness (QED) is 0.319. The predicted molar refractivity (Wildman–Crippen MR) is 118 cm³/mol. The first kappa shape index (κ1) is 23.2. The topological polar surface area (TPSA) is 82.6 Å². The molecular formula is C20H27FN4O2S2. The van der Waals surface area contributed by atoms with E-state index < -0.39 is 10.0 Å². The van der Waals surface area contributed by atoms with Gasteiger partial charge in [0.1, 0.15) is 5.82 Å². The van der Waals surface area contributed by atoms with E-state index in [1.54, 1.807) is 55.2 Å². The molecule has 2 aromatic carbocycles. The largest absolute Gasteiger partial charge is 0.355 e. The van der Waals surface area contributed by atoms with Gasteiger partial charge in [0.2, 0.25) is 10.0 Å². The number of nitrogens with one attached hydrogen (secondary N) is 3. The third kappa shape index (κ3) is 7.34. The number of sulfonamides is 1. The van der Waals surface area contributed by atoms with E-state index in [-0.39, 0.29) is 17.3 Å². The van der Waals surface area contributed by atoms with E-state index in [1.807, 2.05) is 13.2 Å². The molecule has 0 atom stereocenters. The highest BCUT2D eigenvalue weighted by molar-refractivity contribution is 7.97. The maximum atomic E-state index is 13.5. The van der Waals surface area contributed by atoms with Gasteiger partial charge < -0.3 is 10.6 Å². The second-order valence-corrected chi connectivity index (χ2v) is 9.04. The van der Waals surface area contributed by atoms with Crippen LogP contribution in [0.25, 0.3) is 0 Å². The maximum absolute atomic E-state index is 13.5. The van der Waals surface area contributed by atoms with E-state index in [2.05, 4.69) is 20.3 Å². The Morgan fingerprint density at radius 3 is 2.45 bits per heavy atom. The average molecular weight is 439 g/mol. The molecule has 3 N–H and O–H groups in total. The fraction of sp³-hybridized carbons (Fsp3) is 0.350. The monoisotopic (exact) mass is 438 g/mol. The van der Waals surface area contributed by atoms with Gasteiger partial charge in [-0.1, -0.05) is 23.8 Å². The third-order valence-corrected chi connectivity index (χ3v) is 6.26. The molecule has 2 rings (SSSR count). The van der Waals surface area contributed by atoms with Crippen molar-refractivity contribution in [3.8, 4) is 0 Å². The molecule has 0 amide bonds. The van der Waals surface area contributed by atoms with Gasteiger partial charge in [0.05, 0.1) is 4.90 Å². The summed E-state index contributed by atoms with van der Waals surface area (Å²) in [5.74, 6) is 1.02. The van der Waals surface area contributed by atoms with Gasteiger partial charge in [-0.3, -0.25) is 4.99 Å². The summed E-state index contributed by atoms with van der Waals surface area (Å²) in [6.45, 7) is 2.98. The van der Waals surface area contributed by atoms with Crippen LogP contribution in [-0.2, 0) is 22.3 Å². The minimum absolute atomic E-state index is 0.213. The van der Waals surface area contributed by atoms with Gasteiger partial charge in [-0.15, -0.1) is 0 Å². The Hall–Kier alpha value is -2.10. The van der Waals surface area contributed by atoms with Gasteiger partial charge in [-0.05, 0) is 48.6 Å². The Bertz CT molecular complexity index is 932. The molecule has 0 heterocycles. The smallest absolute Gasteiger partial charge is 0.240 e. The highest BCUT2D eigenvalue weighted by atomic mass is 32.2. The van der Waals surface area contributed by atoms with Crippen LogP contribution in [0.5, 0.6) is 0 Å². The van der Waals surface area contributed by atoms with Crippen LogP contribution in [-0.4, -0.2) is 40.8 Å². The molecule has 29 heavy (non-hydrogen) atoms. The summed E-state index contributed by atoms with van der Waals surface area (Å²) in [7, 11) is -1.90. The lowest BCUT2D eigenvalue weighted by Crippen LogP contribution is -2.41. The lowest BCUT2D eigenvalue weighted by atomic mass is 10.1. The summed E-state index contributed by atoms with van der Waals surface area (Å²) in [4.78, 5) is 4.38. The van der Waals surface area contributed by atoms with E-state index in [4.69, 9.17) is 0 Å². The van der Waals surface area contributed by atoms with E-state index in [9.17, 15) is 12.8 Å². The summed E-state index contributed by atoms with van der Waals surface area (Å²) in [6, 6.07) is 11.4. The van der Waals surface area contributed by atoms with Crippen molar-refractivity contribution in [2.45, 2.75) is 24.1 Å². The summed E-state index contributed by atoms with van der Waals surface area (Å²) in [5.41, 5.74) is 2.93. The summed E-state index contributed by atoms with van der Waals surface area (Å²) < 4.78 is 40.6.